The molecule has 0 atom stereocenters. The van der Waals surface area contributed by atoms with Gasteiger partial charge in [-0.05, 0) is 35.4 Å². The van der Waals surface area contributed by atoms with Crippen molar-refractivity contribution in [2.75, 3.05) is 0 Å². The van der Waals surface area contributed by atoms with E-state index in [9.17, 15) is 4.79 Å². The third-order valence-corrected chi connectivity index (χ3v) is 2.43. The van der Waals surface area contributed by atoms with Crippen molar-refractivity contribution in [1.82, 2.24) is 9.97 Å². The van der Waals surface area contributed by atoms with Crippen molar-refractivity contribution in [1.29, 1.82) is 0 Å². The number of nitrogens with zero attached hydrogens (tertiary/aromatic N) is 1. The second-order valence-electron chi connectivity index (χ2n) is 3.46. The molecule has 4 heteroatoms. The zero-order valence-corrected chi connectivity index (χ0v) is 8.31. The highest BCUT2D eigenvalue weighted by atomic mass is 16.4. The molecule has 0 saturated heterocycles. The lowest BCUT2D eigenvalue weighted by Crippen LogP contribution is -1.92. The summed E-state index contributed by atoms with van der Waals surface area (Å²) in [5, 5.41) is 0. The number of aromatic nitrogens is 2. The Balaban J connectivity index is 2.22. The van der Waals surface area contributed by atoms with Crippen LogP contribution in [0.4, 0.5) is 0 Å². The third kappa shape index (κ3) is 1.40. The summed E-state index contributed by atoms with van der Waals surface area (Å²) in [4.78, 5) is 17.6. The predicted molar refractivity (Wildman–Crippen MR) is 60.1 cm³/mol. The zero-order chi connectivity index (χ0) is 11.0. The molecule has 0 unspecified atom stereocenters. The first-order valence-corrected chi connectivity index (χ1v) is 4.86. The predicted octanol–water partition coefficient (Wildman–Crippen LogP) is 2.18. The second-order valence-corrected chi connectivity index (χ2v) is 3.46. The number of oxazole rings is 1. The molecule has 0 saturated carbocycles. The Morgan fingerprint density at radius 2 is 1.88 bits per heavy atom. The van der Waals surface area contributed by atoms with Crippen molar-refractivity contribution in [3.05, 3.63) is 53.3 Å². The molecule has 0 aliphatic heterocycles. The van der Waals surface area contributed by atoms with Crippen molar-refractivity contribution in [2.24, 2.45) is 0 Å². The summed E-state index contributed by atoms with van der Waals surface area (Å²) in [6.07, 6.45) is 3.47. The Bertz CT molecular complexity index is 683. The lowest BCUT2D eigenvalue weighted by molar-refractivity contribution is 0.555. The topological polar surface area (TPSA) is 58.9 Å². The number of aromatic amines is 1. The van der Waals surface area contributed by atoms with Crippen LogP contribution in [-0.4, -0.2) is 9.97 Å². The van der Waals surface area contributed by atoms with Crippen LogP contribution in [0.15, 0.2) is 51.9 Å². The molecule has 16 heavy (non-hydrogen) atoms. The highest BCUT2D eigenvalue weighted by molar-refractivity contribution is 5.79. The van der Waals surface area contributed by atoms with Crippen molar-refractivity contribution < 1.29 is 4.42 Å². The van der Waals surface area contributed by atoms with E-state index in [-0.39, 0.29) is 0 Å². The molecule has 2 aromatic heterocycles. The van der Waals surface area contributed by atoms with E-state index in [1.807, 2.05) is 24.3 Å². The van der Waals surface area contributed by atoms with E-state index in [1.165, 1.54) is 0 Å². The van der Waals surface area contributed by atoms with E-state index in [0.29, 0.717) is 11.1 Å². The zero-order valence-electron chi connectivity index (χ0n) is 8.31. The molecule has 78 valence electrons. The number of H-pyrrole nitrogens is 1. The summed E-state index contributed by atoms with van der Waals surface area (Å²) in [7, 11) is 0. The Labute approximate surface area is 90.6 Å². The molecule has 2 heterocycles. The molecule has 1 N–H and O–H groups in total. The maximum Gasteiger partial charge on any atom is 0.417 e. The Kier molecular flexibility index (Phi) is 1.86. The van der Waals surface area contributed by atoms with Crippen LogP contribution in [0.25, 0.3) is 22.2 Å². The van der Waals surface area contributed by atoms with Gasteiger partial charge in [-0.3, -0.25) is 9.97 Å². The van der Waals surface area contributed by atoms with Crippen molar-refractivity contribution in [3.63, 3.8) is 0 Å². The molecule has 1 aromatic carbocycles. The smallest absolute Gasteiger partial charge is 0.408 e. The minimum atomic E-state index is -0.429. The molecule has 3 rings (SSSR count). The van der Waals surface area contributed by atoms with Gasteiger partial charge in [-0.25, -0.2) is 4.79 Å². The highest BCUT2D eigenvalue weighted by Crippen LogP contribution is 2.21. The fraction of sp³-hybridized carbons (Fsp3) is 0. The van der Waals surface area contributed by atoms with Crippen LogP contribution in [0.3, 0.4) is 0 Å². The molecule has 0 aliphatic carbocycles. The Hall–Kier alpha value is -2.36. The van der Waals surface area contributed by atoms with Gasteiger partial charge in [0.05, 0.1) is 5.52 Å². The monoisotopic (exact) mass is 212 g/mol. The molecule has 0 radical (unpaired) electrons. The average molecular weight is 212 g/mol. The van der Waals surface area contributed by atoms with Gasteiger partial charge in [0.2, 0.25) is 0 Å². The van der Waals surface area contributed by atoms with Crippen LogP contribution >= 0.6 is 0 Å². The second kappa shape index (κ2) is 3.34. The summed E-state index contributed by atoms with van der Waals surface area (Å²) in [6, 6.07) is 9.41. The number of hydrogen-bond donors (Lipinski definition) is 1. The quantitative estimate of drug-likeness (QED) is 0.672. The molecule has 0 spiro atoms. The maximum atomic E-state index is 11.0. The number of fused-ring (bicyclic) bond motifs is 1. The van der Waals surface area contributed by atoms with Crippen LogP contribution in [0.5, 0.6) is 0 Å². The maximum absolute atomic E-state index is 11.0. The minimum Gasteiger partial charge on any atom is -0.408 e. The average Bonchev–Trinajstić information content (AvgIpc) is 2.69. The molecule has 4 nitrogen and oxygen atoms in total. The van der Waals surface area contributed by atoms with Crippen molar-refractivity contribution in [2.45, 2.75) is 0 Å². The van der Waals surface area contributed by atoms with Crippen molar-refractivity contribution >= 4 is 11.1 Å². The fourth-order valence-electron chi connectivity index (χ4n) is 1.68. The lowest BCUT2D eigenvalue weighted by atomic mass is 10.1. The van der Waals surface area contributed by atoms with E-state index in [2.05, 4.69) is 9.97 Å². The van der Waals surface area contributed by atoms with Crippen molar-refractivity contribution in [3.8, 4) is 11.1 Å². The number of nitrogens with one attached hydrogen (secondary N) is 1. The van der Waals surface area contributed by atoms with E-state index < -0.39 is 5.76 Å². The van der Waals surface area contributed by atoms with Crippen LogP contribution in [0, 0.1) is 0 Å². The van der Waals surface area contributed by atoms with E-state index in [4.69, 9.17) is 4.42 Å². The number of pyridine rings is 1. The van der Waals surface area contributed by atoms with E-state index >= 15 is 0 Å². The van der Waals surface area contributed by atoms with E-state index in [0.717, 1.165) is 11.1 Å². The third-order valence-electron chi connectivity index (χ3n) is 2.43. The standard InChI is InChI=1S/C12H8N2O2/c15-12-14-10-7-9(1-2-11(10)16-12)8-3-5-13-6-4-8/h1-7H,(H,14,15). The number of rotatable bonds is 1. The first-order valence-electron chi connectivity index (χ1n) is 4.86. The summed E-state index contributed by atoms with van der Waals surface area (Å²) >= 11 is 0. The fourth-order valence-corrected chi connectivity index (χ4v) is 1.68. The first kappa shape index (κ1) is 8.91. The molecule has 0 fully saturated rings. The van der Waals surface area contributed by atoms with Gasteiger partial charge in [0.1, 0.15) is 0 Å². The number of benzene rings is 1. The van der Waals surface area contributed by atoms with Gasteiger partial charge in [-0.15, -0.1) is 0 Å². The summed E-state index contributed by atoms with van der Waals surface area (Å²) < 4.78 is 4.94. The first-order chi connectivity index (χ1) is 7.83. The minimum absolute atomic E-state index is 0.429. The lowest BCUT2D eigenvalue weighted by Gasteiger charge is -1.99. The van der Waals surface area contributed by atoms with Gasteiger partial charge in [0.15, 0.2) is 5.58 Å². The molecule has 0 bridgehead atoms. The summed E-state index contributed by atoms with van der Waals surface area (Å²) in [5.41, 5.74) is 3.35. The normalized spacial score (nSPS) is 10.8. The molecule has 3 aromatic rings. The van der Waals surface area contributed by atoms with Gasteiger partial charge >= 0.3 is 5.76 Å². The molecule has 0 aliphatic rings. The summed E-state index contributed by atoms with van der Waals surface area (Å²) in [5.74, 6) is -0.429. The molecule has 0 amide bonds. The van der Waals surface area contributed by atoms with Gasteiger partial charge < -0.3 is 4.42 Å². The van der Waals surface area contributed by atoms with Crippen LogP contribution in [0.2, 0.25) is 0 Å². The number of hydrogen-bond acceptors (Lipinski definition) is 3. The van der Waals surface area contributed by atoms with Crippen LogP contribution in [-0.2, 0) is 0 Å². The SMILES string of the molecule is O=c1[nH]c2cc(-c3ccncc3)ccc2o1. The summed E-state index contributed by atoms with van der Waals surface area (Å²) in [6.45, 7) is 0. The van der Waals surface area contributed by atoms with Gasteiger partial charge in [0.25, 0.3) is 0 Å². The van der Waals surface area contributed by atoms with Gasteiger partial charge in [-0.2, -0.15) is 0 Å². The van der Waals surface area contributed by atoms with E-state index in [1.54, 1.807) is 18.5 Å². The Morgan fingerprint density at radius 3 is 2.69 bits per heavy atom. The molecular weight excluding hydrogens is 204 g/mol. The van der Waals surface area contributed by atoms with Gasteiger partial charge in [-0.1, -0.05) is 6.07 Å². The van der Waals surface area contributed by atoms with Crippen LogP contribution in [0.1, 0.15) is 0 Å². The highest BCUT2D eigenvalue weighted by Gasteiger charge is 2.03. The Morgan fingerprint density at radius 1 is 1.06 bits per heavy atom. The van der Waals surface area contributed by atoms with Gasteiger partial charge in [0, 0.05) is 12.4 Å². The van der Waals surface area contributed by atoms with Crippen LogP contribution < -0.4 is 5.76 Å². The molecular formula is C12H8N2O2. The largest absolute Gasteiger partial charge is 0.417 e.